The minimum absolute atomic E-state index is 0.0912. The van der Waals surface area contributed by atoms with Crippen molar-refractivity contribution in [1.82, 2.24) is 10.1 Å². The van der Waals surface area contributed by atoms with Crippen molar-refractivity contribution < 1.29 is 9.63 Å². The Morgan fingerprint density at radius 3 is 2.94 bits per heavy atom. The molecule has 1 saturated carbocycles. The predicted molar refractivity (Wildman–Crippen MR) is 62.9 cm³/mol. The van der Waals surface area contributed by atoms with Crippen LogP contribution in [0.3, 0.4) is 0 Å². The van der Waals surface area contributed by atoms with Crippen molar-refractivity contribution in [2.45, 2.75) is 19.3 Å². The molecule has 0 aliphatic heterocycles. The number of halogens is 1. The maximum atomic E-state index is 9.72. The van der Waals surface area contributed by atoms with E-state index >= 15 is 0 Å². The molecule has 17 heavy (non-hydrogen) atoms. The molecule has 5 heteroatoms. The fourth-order valence-electron chi connectivity index (χ4n) is 1.86. The topological polar surface area (TPSA) is 59.2 Å². The summed E-state index contributed by atoms with van der Waals surface area (Å²) in [6.45, 7) is 2.15. The van der Waals surface area contributed by atoms with Crippen molar-refractivity contribution in [3.63, 3.8) is 0 Å². The first-order chi connectivity index (χ1) is 8.15. The van der Waals surface area contributed by atoms with Gasteiger partial charge in [0.05, 0.1) is 5.56 Å². The lowest BCUT2D eigenvalue weighted by atomic mass is 10.2. The minimum Gasteiger partial charge on any atom is -0.507 e. The van der Waals surface area contributed by atoms with Gasteiger partial charge < -0.3 is 9.63 Å². The molecule has 2 atom stereocenters. The number of aromatic nitrogens is 2. The van der Waals surface area contributed by atoms with Crippen LogP contribution in [0.15, 0.2) is 22.7 Å². The second-order valence-corrected chi connectivity index (χ2v) is 4.88. The second kappa shape index (κ2) is 3.74. The molecule has 0 saturated heterocycles. The molecular formula is C12H11ClN2O2. The van der Waals surface area contributed by atoms with Gasteiger partial charge in [-0.2, -0.15) is 4.98 Å². The van der Waals surface area contributed by atoms with Gasteiger partial charge >= 0.3 is 0 Å². The summed E-state index contributed by atoms with van der Waals surface area (Å²) in [5.41, 5.74) is 0.476. The zero-order valence-electron chi connectivity index (χ0n) is 9.22. The lowest BCUT2D eigenvalue weighted by Gasteiger charge is -1.98. The van der Waals surface area contributed by atoms with Crippen LogP contribution in [0.25, 0.3) is 11.5 Å². The molecule has 0 amide bonds. The highest BCUT2D eigenvalue weighted by molar-refractivity contribution is 6.30. The van der Waals surface area contributed by atoms with Crippen molar-refractivity contribution in [3.8, 4) is 17.2 Å². The second-order valence-electron chi connectivity index (χ2n) is 4.44. The third-order valence-electron chi connectivity index (χ3n) is 3.07. The van der Waals surface area contributed by atoms with Crippen molar-refractivity contribution in [1.29, 1.82) is 0 Å². The maximum Gasteiger partial charge on any atom is 0.261 e. The summed E-state index contributed by atoms with van der Waals surface area (Å²) in [5.74, 6) is 2.14. The largest absolute Gasteiger partial charge is 0.507 e. The third-order valence-corrected chi connectivity index (χ3v) is 3.31. The van der Waals surface area contributed by atoms with E-state index in [2.05, 4.69) is 17.1 Å². The van der Waals surface area contributed by atoms with Gasteiger partial charge in [-0.25, -0.2) is 0 Å². The predicted octanol–water partition coefficient (Wildman–Crippen LogP) is 3.22. The van der Waals surface area contributed by atoms with Crippen LogP contribution in [-0.4, -0.2) is 15.2 Å². The Morgan fingerprint density at radius 1 is 1.47 bits per heavy atom. The average Bonchev–Trinajstić information content (AvgIpc) is 2.85. The third kappa shape index (κ3) is 1.89. The van der Waals surface area contributed by atoms with Crippen molar-refractivity contribution in [3.05, 3.63) is 29.0 Å². The Balaban J connectivity index is 1.98. The van der Waals surface area contributed by atoms with Gasteiger partial charge in [0.1, 0.15) is 5.75 Å². The van der Waals surface area contributed by atoms with Crippen LogP contribution in [-0.2, 0) is 0 Å². The van der Waals surface area contributed by atoms with E-state index < -0.39 is 0 Å². The summed E-state index contributed by atoms with van der Waals surface area (Å²) >= 11 is 5.87. The molecule has 88 valence electrons. The molecule has 0 bridgehead atoms. The number of benzene rings is 1. The molecule has 2 aromatic rings. The minimum atomic E-state index is 0.0912. The molecule has 2 unspecified atom stereocenters. The van der Waals surface area contributed by atoms with Gasteiger partial charge in [-0.3, -0.25) is 0 Å². The lowest BCUT2D eigenvalue weighted by Crippen LogP contribution is -1.85. The van der Waals surface area contributed by atoms with E-state index in [9.17, 15) is 5.11 Å². The maximum absolute atomic E-state index is 9.72. The Kier molecular flexibility index (Phi) is 2.33. The van der Waals surface area contributed by atoms with Crippen LogP contribution in [0.5, 0.6) is 5.75 Å². The van der Waals surface area contributed by atoms with Crippen LogP contribution < -0.4 is 0 Å². The number of phenolic OH excluding ortho intramolecular Hbond substituents is 1. The van der Waals surface area contributed by atoms with E-state index in [1.54, 1.807) is 12.1 Å². The smallest absolute Gasteiger partial charge is 0.261 e. The Labute approximate surface area is 103 Å². The molecule has 4 nitrogen and oxygen atoms in total. The SMILES string of the molecule is CC1CC1c1noc(-c2cc(Cl)ccc2O)n1. The number of hydrogen-bond acceptors (Lipinski definition) is 4. The zero-order chi connectivity index (χ0) is 12.0. The van der Waals surface area contributed by atoms with Crippen LogP contribution in [0.1, 0.15) is 25.1 Å². The Morgan fingerprint density at radius 2 is 2.24 bits per heavy atom. The van der Waals surface area contributed by atoms with Crippen LogP contribution in [0, 0.1) is 5.92 Å². The van der Waals surface area contributed by atoms with Crippen LogP contribution in [0.4, 0.5) is 0 Å². The normalized spacial score (nSPS) is 22.7. The van der Waals surface area contributed by atoms with E-state index in [4.69, 9.17) is 16.1 Å². The number of aromatic hydroxyl groups is 1. The van der Waals surface area contributed by atoms with E-state index in [0.717, 1.165) is 6.42 Å². The molecule has 1 aliphatic carbocycles. The van der Waals surface area contributed by atoms with Gasteiger partial charge in [0.15, 0.2) is 5.82 Å². The zero-order valence-corrected chi connectivity index (χ0v) is 9.98. The number of phenols is 1. The summed E-state index contributed by atoms with van der Waals surface area (Å²) < 4.78 is 5.16. The standard InChI is InChI=1S/C12H11ClN2O2/c1-6-4-8(6)11-14-12(17-15-11)9-5-7(13)2-3-10(9)16/h2-3,5-6,8,16H,4H2,1H3. The summed E-state index contributed by atoms with van der Waals surface area (Å²) in [7, 11) is 0. The molecule has 0 radical (unpaired) electrons. The highest BCUT2D eigenvalue weighted by atomic mass is 35.5. The molecule has 1 aromatic carbocycles. The number of hydrogen-bond donors (Lipinski definition) is 1. The quantitative estimate of drug-likeness (QED) is 0.889. The Bertz CT molecular complexity index is 567. The molecule has 1 fully saturated rings. The summed E-state index contributed by atoms with van der Waals surface area (Å²) in [4.78, 5) is 4.30. The van der Waals surface area contributed by atoms with E-state index in [0.29, 0.717) is 34.1 Å². The molecule has 0 spiro atoms. The first-order valence-corrected chi connectivity index (χ1v) is 5.85. The fraction of sp³-hybridized carbons (Fsp3) is 0.333. The van der Waals surface area contributed by atoms with E-state index in [-0.39, 0.29) is 5.75 Å². The average molecular weight is 251 g/mol. The van der Waals surface area contributed by atoms with Crippen molar-refractivity contribution in [2.24, 2.45) is 5.92 Å². The van der Waals surface area contributed by atoms with E-state index in [1.807, 2.05) is 0 Å². The van der Waals surface area contributed by atoms with Gasteiger partial charge in [0.2, 0.25) is 0 Å². The monoisotopic (exact) mass is 250 g/mol. The highest BCUT2D eigenvalue weighted by Crippen LogP contribution is 2.46. The fourth-order valence-corrected chi connectivity index (χ4v) is 2.03. The van der Waals surface area contributed by atoms with Crippen molar-refractivity contribution >= 4 is 11.6 Å². The van der Waals surface area contributed by atoms with Gasteiger partial charge in [-0.05, 0) is 30.5 Å². The Hall–Kier alpha value is -1.55. The van der Waals surface area contributed by atoms with Gasteiger partial charge in [-0.15, -0.1) is 0 Å². The van der Waals surface area contributed by atoms with E-state index in [1.165, 1.54) is 6.07 Å². The lowest BCUT2D eigenvalue weighted by molar-refractivity contribution is 0.417. The molecule has 1 aliphatic rings. The van der Waals surface area contributed by atoms with Gasteiger partial charge in [0.25, 0.3) is 5.89 Å². The summed E-state index contributed by atoms with van der Waals surface area (Å²) in [6.07, 6.45) is 1.10. The molecule has 1 heterocycles. The summed E-state index contributed by atoms with van der Waals surface area (Å²) in [5, 5.41) is 14.2. The molecular weight excluding hydrogens is 240 g/mol. The van der Waals surface area contributed by atoms with Crippen LogP contribution in [0.2, 0.25) is 5.02 Å². The van der Waals surface area contributed by atoms with Gasteiger partial charge in [0, 0.05) is 10.9 Å². The van der Waals surface area contributed by atoms with Crippen LogP contribution >= 0.6 is 11.6 Å². The van der Waals surface area contributed by atoms with Crippen molar-refractivity contribution in [2.75, 3.05) is 0 Å². The number of nitrogens with zero attached hydrogens (tertiary/aromatic N) is 2. The summed E-state index contributed by atoms with van der Waals surface area (Å²) in [6, 6.07) is 4.74. The first kappa shape index (κ1) is 10.6. The molecule has 1 aromatic heterocycles. The van der Waals surface area contributed by atoms with Gasteiger partial charge in [-0.1, -0.05) is 23.7 Å². The number of rotatable bonds is 2. The highest BCUT2D eigenvalue weighted by Gasteiger charge is 2.38. The first-order valence-electron chi connectivity index (χ1n) is 5.47. The molecule has 3 rings (SSSR count). The molecule has 1 N–H and O–H groups in total.